The molecule has 1 aromatic carbocycles. The van der Waals surface area contributed by atoms with Gasteiger partial charge in [0.25, 0.3) is 0 Å². The first-order valence-electron chi connectivity index (χ1n) is 7.35. The molecule has 2 rings (SSSR count). The van der Waals surface area contributed by atoms with Gasteiger partial charge in [-0.05, 0) is 37.0 Å². The molecule has 0 aromatic heterocycles. The van der Waals surface area contributed by atoms with Crippen molar-refractivity contribution in [2.75, 3.05) is 13.7 Å². The lowest BCUT2D eigenvalue weighted by Crippen LogP contribution is -2.36. The summed E-state index contributed by atoms with van der Waals surface area (Å²) < 4.78 is 18.4. The number of carboxylic acid groups (broad SMARTS) is 1. The van der Waals surface area contributed by atoms with E-state index < -0.39 is 11.8 Å². The zero-order valence-corrected chi connectivity index (χ0v) is 12.5. The van der Waals surface area contributed by atoms with Crippen LogP contribution in [0.5, 0.6) is 5.75 Å². The minimum Gasteiger partial charge on any atom is -0.494 e. The Morgan fingerprint density at radius 1 is 1.45 bits per heavy atom. The van der Waals surface area contributed by atoms with Gasteiger partial charge in [-0.25, -0.2) is 4.39 Å². The predicted molar refractivity (Wildman–Crippen MR) is 78.3 cm³/mol. The van der Waals surface area contributed by atoms with Gasteiger partial charge in [0.15, 0.2) is 11.6 Å². The number of nitrogens with zero attached hydrogens (tertiary/aromatic N) is 1. The quantitative estimate of drug-likeness (QED) is 0.875. The first-order valence-corrected chi connectivity index (χ1v) is 7.35. The summed E-state index contributed by atoms with van der Waals surface area (Å²) in [6, 6.07) is 4.43. The fourth-order valence-electron chi connectivity index (χ4n) is 2.84. The van der Waals surface area contributed by atoms with Gasteiger partial charge in [-0.2, -0.15) is 0 Å². The molecule has 1 fully saturated rings. The maximum atomic E-state index is 13.6. The molecular weight excluding hydrogens is 289 g/mol. The summed E-state index contributed by atoms with van der Waals surface area (Å²) in [7, 11) is 1.40. The maximum Gasteiger partial charge on any atom is 0.305 e. The number of ether oxygens (including phenoxy) is 1. The number of carbonyl (C=O) groups is 2. The second kappa shape index (κ2) is 7.24. The number of rotatable bonds is 6. The van der Waals surface area contributed by atoms with Crippen LogP contribution in [0.25, 0.3) is 0 Å². The molecular formula is C16H20FNO4. The number of amides is 1. The molecule has 0 aliphatic carbocycles. The number of carboxylic acids is 1. The highest BCUT2D eigenvalue weighted by Crippen LogP contribution is 2.22. The van der Waals surface area contributed by atoms with E-state index in [0.29, 0.717) is 13.0 Å². The van der Waals surface area contributed by atoms with Gasteiger partial charge in [0.05, 0.1) is 13.5 Å². The molecule has 0 saturated carbocycles. The molecule has 1 amide bonds. The summed E-state index contributed by atoms with van der Waals surface area (Å²) in [6.45, 7) is 0.605. The van der Waals surface area contributed by atoms with Crippen molar-refractivity contribution in [3.63, 3.8) is 0 Å². The molecule has 1 aliphatic rings. The Hall–Kier alpha value is -2.11. The molecule has 1 heterocycles. The number of benzene rings is 1. The Kier molecular flexibility index (Phi) is 5.35. The maximum absolute atomic E-state index is 13.6. The van der Waals surface area contributed by atoms with Crippen LogP contribution < -0.4 is 4.74 Å². The summed E-state index contributed by atoms with van der Waals surface area (Å²) >= 11 is 0. The molecule has 1 saturated heterocycles. The minimum absolute atomic E-state index is 0.0110. The second-order valence-corrected chi connectivity index (χ2v) is 5.45. The monoisotopic (exact) mass is 309 g/mol. The first-order chi connectivity index (χ1) is 10.5. The van der Waals surface area contributed by atoms with Crippen LogP contribution in [0.15, 0.2) is 18.2 Å². The number of halogens is 1. The molecule has 22 heavy (non-hydrogen) atoms. The van der Waals surface area contributed by atoms with Crippen molar-refractivity contribution in [2.45, 2.75) is 38.1 Å². The number of methoxy groups -OCH3 is 1. The van der Waals surface area contributed by atoms with Gasteiger partial charge in [-0.3, -0.25) is 9.59 Å². The Labute approximate surface area is 128 Å². The molecule has 1 unspecified atom stereocenters. The summed E-state index contributed by atoms with van der Waals surface area (Å²) in [5.41, 5.74) is 0.723. The lowest BCUT2D eigenvalue weighted by molar-refractivity contribution is -0.139. The number of aliphatic carboxylic acids is 1. The third-order valence-corrected chi connectivity index (χ3v) is 3.95. The van der Waals surface area contributed by atoms with E-state index in [1.165, 1.54) is 19.2 Å². The van der Waals surface area contributed by atoms with Crippen molar-refractivity contribution in [3.05, 3.63) is 29.6 Å². The van der Waals surface area contributed by atoms with Crippen LogP contribution in [0.2, 0.25) is 0 Å². The Morgan fingerprint density at radius 2 is 2.23 bits per heavy atom. The predicted octanol–water partition coefficient (Wildman–Crippen LogP) is 2.23. The summed E-state index contributed by atoms with van der Waals surface area (Å²) in [4.78, 5) is 24.7. The molecule has 1 atom stereocenters. The second-order valence-electron chi connectivity index (χ2n) is 5.45. The average Bonchev–Trinajstić information content (AvgIpc) is 2.92. The minimum atomic E-state index is -0.887. The van der Waals surface area contributed by atoms with Gasteiger partial charge in [0.1, 0.15) is 0 Å². The molecule has 1 aromatic rings. The van der Waals surface area contributed by atoms with Gasteiger partial charge >= 0.3 is 5.97 Å². The van der Waals surface area contributed by atoms with Crippen LogP contribution >= 0.6 is 0 Å². The van der Waals surface area contributed by atoms with Crippen LogP contribution in [0.3, 0.4) is 0 Å². The highest BCUT2D eigenvalue weighted by atomic mass is 19.1. The summed E-state index contributed by atoms with van der Waals surface area (Å²) in [6.07, 6.45) is 2.23. The Bertz CT molecular complexity index is 561. The fraction of sp³-hybridized carbons (Fsp3) is 0.500. The van der Waals surface area contributed by atoms with Crippen LogP contribution in [0.1, 0.15) is 31.2 Å². The highest BCUT2D eigenvalue weighted by molar-refractivity contribution is 5.78. The van der Waals surface area contributed by atoms with E-state index in [-0.39, 0.29) is 30.5 Å². The molecule has 6 heteroatoms. The van der Waals surface area contributed by atoms with E-state index in [1.807, 2.05) is 0 Å². The zero-order chi connectivity index (χ0) is 16.1. The van der Waals surface area contributed by atoms with Gasteiger partial charge in [0, 0.05) is 19.0 Å². The van der Waals surface area contributed by atoms with Crippen molar-refractivity contribution in [1.29, 1.82) is 0 Å². The van der Waals surface area contributed by atoms with E-state index in [2.05, 4.69) is 0 Å². The van der Waals surface area contributed by atoms with Gasteiger partial charge in [-0.1, -0.05) is 6.07 Å². The Balaban J connectivity index is 1.92. The first kappa shape index (κ1) is 16.3. The average molecular weight is 309 g/mol. The summed E-state index contributed by atoms with van der Waals surface area (Å²) in [5.74, 6) is -1.23. The van der Waals surface area contributed by atoms with Gasteiger partial charge < -0.3 is 14.7 Å². The van der Waals surface area contributed by atoms with E-state index in [0.717, 1.165) is 18.4 Å². The number of likely N-dealkylation sites (tertiary alicyclic amines) is 1. The van der Waals surface area contributed by atoms with Crippen molar-refractivity contribution in [1.82, 2.24) is 4.90 Å². The van der Waals surface area contributed by atoms with E-state index >= 15 is 0 Å². The van der Waals surface area contributed by atoms with Crippen molar-refractivity contribution < 1.29 is 23.8 Å². The molecule has 0 bridgehead atoms. The number of hydrogen-bond donors (Lipinski definition) is 1. The third-order valence-electron chi connectivity index (χ3n) is 3.95. The standard InChI is InChI=1S/C16H20FNO4/c1-22-14-6-4-11(9-13(14)17)5-7-15(19)18-8-2-3-12(18)10-16(20)21/h4,6,9,12H,2-3,5,7-8,10H2,1H3,(H,20,21). The van der Waals surface area contributed by atoms with Crippen LogP contribution in [-0.4, -0.2) is 41.6 Å². The van der Waals surface area contributed by atoms with Crippen molar-refractivity contribution in [2.24, 2.45) is 0 Å². The topological polar surface area (TPSA) is 66.8 Å². The SMILES string of the molecule is COc1ccc(CCC(=O)N2CCCC2CC(=O)O)cc1F. The summed E-state index contributed by atoms with van der Waals surface area (Å²) in [5, 5.41) is 8.87. The smallest absolute Gasteiger partial charge is 0.305 e. The molecule has 5 nitrogen and oxygen atoms in total. The number of hydrogen-bond acceptors (Lipinski definition) is 3. The third kappa shape index (κ3) is 3.96. The van der Waals surface area contributed by atoms with Crippen molar-refractivity contribution in [3.8, 4) is 5.75 Å². The van der Waals surface area contributed by atoms with Crippen LogP contribution in [0.4, 0.5) is 4.39 Å². The van der Waals surface area contributed by atoms with E-state index in [1.54, 1.807) is 11.0 Å². The molecule has 0 radical (unpaired) electrons. The van der Waals surface area contributed by atoms with Crippen LogP contribution in [-0.2, 0) is 16.0 Å². The Morgan fingerprint density at radius 3 is 2.86 bits per heavy atom. The largest absolute Gasteiger partial charge is 0.494 e. The van der Waals surface area contributed by atoms with E-state index in [4.69, 9.17) is 9.84 Å². The normalized spacial score (nSPS) is 17.5. The molecule has 1 aliphatic heterocycles. The van der Waals surface area contributed by atoms with Crippen molar-refractivity contribution >= 4 is 11.9 Å². The lowest BCUT2D eigenvalue weighted by atomic mass is 10.1. The van der Waals surface area contributed by atoms with Gasteiger partial charge in [-0.15, -0.1) is 0 Å². The fourth-order valence-corrected chi connectivity index (χ4v) is 2.84. The highest BCUT2D eigenvalue weighted by Gasteiger charge is 2.29. The lowest BCUT2D eigenvalue weighted by Gasteiger charge is -2.23. The van der Waals surface area contributed by atoms with E-state index in [9.17, 15) is 14.0 Å². The molecule has 120 valence electrons. The number of aryl methyl sites for hydroxylation is 1. The number of carbonyl (C=O) groups excluding carboxylic acids is 1. The van der Waals surface area contributed by atoms with Gasteiger partial charge in [0.2, 0.25) is 5.91 Å². The molecule has 0 spiro atoms. The zero-order valence-electron chi connectivity index (χ0n) is 12.5. The molecule has 1 N–H and O–H groups in total. The van der Waals surface area contributed by atoms with Crippen LogP contribution in [0, 0.1) is 5.82 Å².